The lowest BCUT2D eigenvalue weighted by Crippen LogP contribution is -2.44. The van der Waals surface area contributed by atoms with Crippen molar-refractivity contribution in [2.45, 2.75) is 19.9 Å². The molecule has 5 nitrogen and oxygen atoms in total. The van der Waals surface area contributed by atoms with Gasteiger partial charge in [0.25, 0.3) is 0 Å². The van der Waals surface area contributed by atoms with Gasteiger partial charge in [-0.25, -0.2) is 4.79 Å². The van der Waals surface area contributed by atoms with Gasteiger partial charge in [-0.3, -0.25) is 4.79 Å². The van der Waals surface area contributed by atoms with Crippen molar-refractivity contribution in [2.24, 2.45) is 0 Å². The third-order valence-corrected chi connectivity index (χ3v) is 2.85. The summed E-state index contributed by atoms with van der Waals surface area (Å²) in [6, 6.07) is 4.71. The van der Waals surface area contributed by atoms with Crippen LogP contribution in [-0.2, 0) is 9.59 Å². The molecule has 0 spiro atoms. The van der Waals surface area contributed by atoms with Gasteiger partial charge in [0.1, 0.15) is 6.04 Å². The van der Waals surface area contributed by atoms with Crippen molar-refractivity contribution in [3.8, 4) is 0 Å². The maximum atomic E-state index is 10.9. The van der Waals surface area contributed by atoms with Gasteiger partial charge in [0.2, 0.25) is 5.91 Å². The Balaban J connectivity index is 2.66. The van der Waals surface area contributed by atoms with Crippen molar-refractivity contribution < 1.29 is 14.7 Å². The molecular formula is C12H15BrN2O3. The summed E-state index contributed by atoms with van der Waals surface area (Å²) in [4.78, 5) is 21.8. The van der Waals surface area contributed by atoms with E-state index in [9.17, 15) is 9.59 Å². The van der Waals surface area contributed by atoms with Gasteiger partial charge in [0.15, 0.2) is 0 Å². The highest BCUT2D eigenvalue weighted by molar-refractivity contribution is 9.10. The molecule has 0 saturated carbocycles. The van der Waals surface area contributed by atoms with Crippen LogP contribution >= 0.6 is 15.9 Å². The average Bonchev–Trinajstić information content (AvgIpc) is 2.25. The van der Waals surface area contributed by atoms with Gasteiger partial charge in [-0.2, -0.15) is 0 Å². The topological polar surface area (TPSA) is 78.4 Å². The number of halogens is 1. The molecule has 1 rings (SSSR count). The van der Waals surface area contributed by atoms with E-state index in [4.69, 9.17) is 5.11 Å². The first kappa shape index (κ1) is 14.5. The number of amides is 1. The Morgan fingerprint density at radius 2 is 2.11 bits per heavy atom. The lowest BCUT2D eigenvalue weighted by atomic mass is 10.2. The van der Waals surface area contributed by atoms with Gasteiger partial charge < -0.3 is 15.7 Å². The first-order chi connectivity index (χ1) is 8.40. The second-order valence-electron chi connectivity index (χ2n) is 3.93. The predicted molar refractivity (Wildman–Crippen MR) is 72.6 cm³/mol. The second kappa shape index (κ2) is 6.39. The van der Waals surface area contributed by atoms with Crippen LogP contribution in [-0.4, -0.2) is 29.6 Å². The Morgan fingerprint density at radius 1 is 1.44 bits per heavy atom. The van der Waals surface area contributed by atoms with E-state index in [1.54, 1.807) is 0 Å². The number of rotatable bonds is 5. The fourth-order valence-corrected chi connectivity index (χ4v) is 1.96. The average molecular weight is 315 g/mol. The molecule has 0 radical (unpaired) electrons. The quantitative estimate of drug-likeness (QED) is 0.774. The molecule has 1 aromatic rings. The van der Waals surface area contributed by atoms with Gasteiger partial charge in [-0.1, -0.05) is 15.9 Å². The number of carbonyl (C=O) groups is 2. The molecular weight excluding hydrogens is 300 g/mol. The predicted octanol–water partition coefficient (Wildman–Crippen LogP) is 1.76. The molecule has 18 heavy (non-hydrogen) atoms. The highest BCUT2D eigenvalue weighted by Gasteiger charge is 2.17. The Hall–Kier alpha value is -1.56. The minimum atomic E-state index is -1.06. The minimum absolute atomic E-state index is 0.136. The number of hydrogen-bond donors (Lipinski definition) is 3. The van der Waals surface area contributed by atoms with Gasteiger partial charge in [0, 0.05) is 23.6 Å². The summed E-state index contributed by atoms with van der Waals surface area (Å²) in [5, 5.41) is 14.3. The van der Waals surface area contributed by atoms with Crippen molar-refractivity contribution in [2.75, 3.05) is 11.9 Å². The zero-order valence-electron chi connectivity index (χ0n) is 10.2. The number of hydrogen-bond acceptors (Lipinski definition) is 3. The molecule has 0 aliphatic heterocycles. The SMILES string of the molecule is CC(=O)NC(CNc1ccc(Br)cc1C)C(=O)O. The minimum Gasteiger partial charge on any atom is -0.480 e. The first-order valence-electron chi connectivity index (χ1n) is 5.40. The van der Waals surface area contributed by atoms with Crippen molar-refractivity contribution in [3.63, 3.8) is 0 Å². The molecule has 1 aromatic carbocycles. The number of aliphatic carboxylic acids is 1. The van der Waals surface area contributed by atoms with Crippen LogP contribution in [0.3, 0.4) is 0 Å². The number of carbonyl (C=O) groups excluding carboxylic acids is 1. The van der Waals surface area contributed by atoms with Gasteiger partial charge in [-0.05, 0) is 30.7 Å². The number of aryl methyl sites for hydroxylation is 1. The Kier molecular flexibility index (Phi) is 5.15. The van der Waals surface area contributed by atoms with Gasteiger partial charge >= 0.3 is 5.97 Å². The van der Waals surface area contributed by atoms with Crippen LogP contribution in [0.1, 0.15) is 12.5 Å². The van der Waals surface area contributed by atoms with E-state index in [0.29, 0.717) is 0 Å². The van der Waals surface area contributed by atoms with E-state index in [2.05, 4.69) is 26.6 Å². The van der Waals surface area contributed by atoms with Crippen LogP contribution in [0.15, 0.2) is 22.7 Å². The fourth-order valence-electron chi connectivity index (χ4n) is 1.48. The standard InChI is InChI=1S/C12H15BrN2O3/c1-7-5-9(13)3-4-10(7)14-6-11(12(17)18)15-8(2)16/h3-5,11,14H,6H2,1-2H3,(H,15,16)(H,17,18). The summed E-state index contributed by atoms with van der Waals surface area (Å²) in [6.07, 6.45) is 0. The molecule has 0 bridgehead atoms. The van der Waals surface area contributed by atoms with Crippen LogP contribution in [0.2, 0.25) is 0 Å². The molecule has 1 amide bonds. The van der Waals surface area contributed by atoms with Crippen LogP contribution < -0.4 is 10.6 Å². The molecule has 0 heterocycles. The third-order valence-electron chi connectivity index (χ3n) is 2.36. The number of anilines is 1. The van der Waals surface area contributed by atoms with E-state index in [1.807, 2.05) is 25.1 Å². The maximum absolute atomic E-state index is 10.9. The zero-order chi connectivity index (χ0) is 13.7. The summed E-state index contributed by atoms with van der Waals surface area (Å²) in [6.45, 7) is 3.35. The molecule has 0 aliphatic carbocycles. The highest BCUT2D eigenvalue weighted by Crippen LogP contribution is 2.19. The fraction of sp³-hybridized carbons (Fsp3) is 0.333. The van der Waals surface area contributed by atoms with Crippen molar-refractivity contribution in [1.82, 2.24) is 5.32 Å². The zero-order valence-corrected chi connectivity index (χ0v) is 11.7. The van der Waals surface area contributed by atoms with Crippen molar-refractivity contribution in [3.05, 3.63) is 28.2 Å². The molecule has 0 aliphatic rings. The molecule has 98 valence electrons. The lowest BCUT2D eigenvalue weighted by molar-refractivity contribution is -0.141. The normalized spacial score (nSPS) is 11.7. The second-order valence-corrected chi connectivity index (χ2v) is 4.85. The maximum Gasteiger partial charge on any atom is 0.328 e. The summed E-state index contributed by atoms with van der Waals surface area (Å²) >= 11 is 3.35. The van der Waals surface area contributed by atoms with E-state index in [0.717, 1.165) is 15.7 Å². The summed E-state index contributed by atoms with van der Waals surface area (Å²) in [5.74, 6) is -1.43. The molecule has 3 N–H and O–H groups in total. The number of benzene rings is 1. The number of carboxylic acid groups (broad SMARTS) is 1. The van der Waals surface area contributed by atoms with E-state index < -0.39 is 12.0 Å². The van der Waals surface area contributed by atoms with Crippen LogP contribution in [0.5, 0.6) is 0 Å². The van der Waals surface area contributed by atoms with Gasteiger partial charge in [-0.15, -0.1) is 0 Å². The molecule has 1 unspecified atom stereocenters. The van der Waals surface area contributed by atoms with Crippen molar-refractivity contribution >= 4 is 33.5 Å². The number of carboxylic acids is 1. The molecule has 0 fully saturated rings. The Labute approximate surface area is 114 Å². The summed E-state index contributed by atoms with van der Waals surface area (Å²) < 4.78 is 0.960. The van der Waals surface area contributed by atoms with Gasteiger partial charge in [0.05, 0.1) is 0 Å². The summed E-state index contributed by atoms with van der Waals surface area (Å²) in [7, 11) is 0. The smallest absolute Gasteiger partial charge is 0.328 e. The third kappa shape index (κ3) is 4.37. The van der Waals surface area contributed by atoms with E-state index in [1.165, 1.54) is 6.92 Å². The molecule has 6 heteroatoms. The van der Waals surface area contributed by atoms with Crippen molar-refractivity contribution in [1.29, 1.82) is 0 Å². The van der Waals surface area contributed by atoms with E-state index in [-0.39, 0.29) is 12.5 Å². The largest absolute Gasteiger partial charge is 0.480 e. The van der Waals surface area contributed by atoms with Crippen LogP contribution in [0.25, 0.3) is 0 Å². The summed E-state index contributed by atoms with van der Waals surface area (Å²) in [5.41, 5.74) is 1.84. The first-order valence-corrected chi connectivity index (χ1v) is 6.19. The van der Waals surface area contributed by atoms with E-state index >= 15 is 0 Å². The highest BCUT2D eigenvalue weighted by atomic mass is 79.9. The van der Waals surface area contributed by atoms with Crippen LogP contribution in [0, 0.1) is 6.92 Å². The van der Waals surface area contributed by atoms with Crippen LogP contribution in [0.4, 0.5) is 5.69 Å². The number of nitrogens with one attached hydrogen (secondary N) is 2. The molecule has 0 aromatic heterocycles. The molecule has 0 saturated heterocycles. The Bertz CT molecular complexity index is 463. The monoisotopic (exact) mass is 314 g/mol. The lowest BCUT2D eigenvalue weighted by Gasteiger charge is -2.16. The Morgan fingerprint density at radius 3 is 2.61 bits per heavy atom. The molecule has 1 atom stereocenters.